The molecule has 0 saturated carbocycles. The van der Waals surface area contributed by atoms with Gasteiger partial charge in [0.15, 0.2) is 0 Å². The van der Waals surface area contributed by atoms with Crippen LogP contribution in [0.15, 0.2) is 18.2 Å². The van der Waals surface area contributed by atoms with Crippen LogP contribution in [0, 0.1) is 11.6 Å². The lowest BCUT2D eigenvalue weighted by Gasteiger charge is -2.18. The normalized spacial score (nSPS) is 19.6. The summed E-state index contributed by atoms with van der Waals surface area (Å²) in [4.78, 5) is 11.8. The molecule has 0 radical (unpaired) electrons. The van der Waals surface area contributed by atoms with E-state index in [2.05, 4.69) is 10.6 Å². The Morgan fingerprint density at radius 2 is 2.05 bits per heavy atom. The first kappa shape index (κ1) is 15.9. The van der Waals surface area contributed by atoms with E-state index in [1.807, 2.05) is 0 Å². The highest BCUT2D eigenvalue weighted by Crippen LogP contribution is 2.20. The number of benzene rings is 1. The van der Waals surface area contributed by atoms with Gasteiger partial charge in [-0.2, -0.15) is 0 Å². The molecule has 1 aromatic rings. The molecule has 3 nitrogen and oxygen atoms in total. The number of halogens is 3. The molecule has 6 heteroatoms. The monoisotopic (exact) mass is 290 g/mol. The Hall–Kier alpha value is -1.20. The van der Waals surface area contributed by atoms with Crippen molar-refractivity contribution in [1.82, 2.24) is 10.6 Å². The largest absolute Gasteiger partial charge is 0.348 e. The minimum atomic E-state index is -0.680. The maximum absolute atomic E-state index is 13.5. The van der Waals surface area contributed by atoms with Crippen LogP contribution in [0.1, 0.15) is 31.4 Å². The predicted octanol–water partition coefficient (Wildman–Crippen LogP) is 2.32. The Labute approximate surface area is 117 Å². The van der Waals surface area contributed by atoms with Gasteiger partial charge < -0.3 is 10.6 Å². The predicted molar refractivity (Wildman–Crippen MR) is 71.2 cm³/mol. The Bertz CT molecular complexity index is 430. The third-order valence-electron chi connectivity index (χ3n) is 3.17. The van der Waals surface area contributed by atoms with Crippen LogP contribution in [-0.2, 0) is 4.79 Å². The van der Waals surface area contributed by atoms with Gasteiger partial charge in [0.1, 0.15) is 11.6 Å². The molecule has 1 heterocycles. The summed E-state index contributed by atoms with van der Waals surface area (Å²) >= 11 is 0. The zero-order valence-corrected chi connectivity index (χ0v) is 11.4. The molecule has 2 rings (SSSR count). The quantitative estimate of drug-likeness (QED) is 0.897. The summed E-state index contributed by atoms with van der Waals surface area (Å²) in [6.45, 7) is 2.38. The van der Waals surface area contributed by atoms with E-state index in [0.717, 1.165) is 19.4 Å². The first-order chi connectivity index (χ1) is 8.59. The zero-order valence-electron chi connectivity index (χ0n) is 10.6. The van der Waals surface area contributed by atoms with Gasteiger partial charge in [0, 0.05) is 5.56 Å². The molecule has 1 saturated heterocycles. The third kappa shape index (κ3) is 3.64. The number of hydrogen-bond acceptors (Lipinski definition) is 2. The van der Waals surface area contributed by atoms with E-state index in [1.165, 1.54) is 18.2 Å². The van der Waals surface area contributed by atoms with Gasteiger partial charge in [0.25, 0.3) is 0 Å². The van der Waals surface area contributed by atoms with E-state index in [4.69, 9.17) is 0 Å². The zero-order chi connectivity index (χ0) is 13.1. The average molecular weight is 291 g/mol. The van der Waals surface area contributed by atoms with E-state index < -0.39 is 17.7 Å². The third-order valence-corrected chi connectivity index (χ3v) is 3.17. The standard InChI is InChI=1S/C13H16F2N2O.ClH/c1-8(12-9(14)4-2-5-10(12)15)17-13(18)11-6-3-7-16-11;/h2,4-5,8,11,16H,3,6-7H2,1H3,(H,17,18);1H/t8?,11-;/m0./s1. The Balaban J connectivity index is 0.00000180. The SMILES string of the molecule is CC(NC(=O)[C@@H]1CCCN1)c1c(F)cccc1F.Cl. The Morgan fingerprint density at radius 3 is 2.58 bits per heavy atom. The molecule has 2 N–H and O–H groups in total. The average Bonchev–Trinajstić information content (AvgIpc) is 2.81. The molecule has 1 aromatic carbocycles. The fourth-order valence-corrected chi connectivity index (χ4v) is 2.22. The van der Waals surface area contributed by atoms with Gasteiger partial charge in [-0.1, -0.05) is 6.07 Å². The second-order valence-corrected chi connectivity index (χ2v) is 4.51. The van der Waals surface area contributed by atoms with Crippen LogP contribution in [0.25, 0.3) is 0 Å². The highest BCUT2D eigenvalue weighted by molar-refractivity contribution is 5.85. The number of carbonyl (C=O) groups is 1. The lowest BCUT2D eigenvalue weighted by atomic mass is 10.1. The Kier molecular flexibility index (Phi) is 5.69. The molecule has 1 amide bonds. The Morgan fingerprint density at radius 1 is 1.42 bits per heavy atom. The number of hydrogen-bond donors (Lipinski definition) is 2. The van der Waals surface area contributed by atoms with Gasteiger partial charge >= 0.3 is 0 Å². The van der Waals surface area contributed by atoms with Crippen molar-refractivity contribution in [3.63, 3.8) is 0 Å². The molecule has 19 heavy (non-hydrogen) atoms. The maximum atomic E-state index is 13.5. The number of amides is 1. The second-order valence-electron chi connectivity index (χ2n) is 4.51. The van der Waals surface area contributed by atoms with Crippen LogP contribution in [0.3, 0.4) is 0 Å². The molecule has 1 fully saturated rings. The van der Waals surface area contributed by atoms with Crippen molar-refractivity contribution in [3.05, 3.63) is 35.4 Å². The fourth-order valence-electron chi connectivity index (χ4n) is 2.22. The smallest absolute Gasteiger partial charge is 0.237 e. The molecular formula is C13H17ClF2N2O. The fraction of sp³-hybridized carbons (Fsp3) is 0.462. The highest BCUT2D eigenvalue weighted by Gasteiger charge is 2.25. The van der Waals surface area contributed by atoms with Crippen LogP contribution in [0.5, 0.6) is 0 Å². The summed E-state index contributed by atoms with van der Waals surface area (Å²) in [6.07, 6.45) is 1.71. The first-order valence-electron chi connectivity index (χ1n) is 6.07. The molecule has 106 valence electrons. The molecule has 0 aliphatic carbocycles. The van der Waals surface area contributed by atoms with Crippen LogP contribution < -0.4 is 10.6 Å². The van der Waals surface area contributed by atoms with Gasteiger partial charge in [-0.15, -0.1) is 12.4 Å². The van der Waals surface area contributed by atoms with E-state index in [-0.39, 0.29) is 29.9 Å². The first-order valence-corrected chi connectivity index (χ1v) is 6.07. The molecule has 1 unspecified atom stereocenters. The van der Waals surface area contributed by atoms with Crippen LogP contribution in [0.2, 0.25) is 0 Å². The summed E-state index contributed by atoms with van der Waals surface area (Å²) in [5.41, 5.74) is -0.0937. The lowest BCUT2D eigenvalue weighted by molar-refractivity contribution is -0.123. The van der Waals surface area contributed by atoms with Gasteiger partial charge in [0.05, 0.1) is 12.1 Å². The van der Waals surface area contributed by atoms with Gasteiger partial charge in [0.2, 0.25) is 5.91 Å². The minimum Gasteiger partial charge on any atom is -0.348 e. The van der Waals surface area contributed by atoms with Crippen LogP contribution in [0.4, 0.5) is 8.78 Å². The maximum Gasteiger partial charge on any atom is 0.237 e. The van der Waals surface area contributed by atoms with Crippen molar-refractivity contribution in [2.45, 2.75) is 31.8 Å². The molecule has 2 atom stereocenters. The molecule has 0 bridgehead atoms. The lowest BCUT2D eigenvalue weighted by Crippen LogP contribution is -2.41. The van der Waals surface area contributed by atoms with Gasteiger partial charge in [-0.3, -0.25) is 4.79 Å². The second kappa shape index (κ2) is 6.82. The topological polar surface area (TPSA) is 41.1 Å². The van der Waals surface area contributed by atoms with E-state index in [9.17, 15) is 13.6 Å². The minimum absolute atomic E-state index is 0. The van der Waals surface area contributed by atoms with E-state index in [1.54, 1.807) is 6.92 Å². The van der Waals surface area contributed by atoms with E-state index in [0.29, 0.717) is 0 Å². The summed E-state index contributed by atoms with van der Waals surface area (Å²) in [7, 11) is 0. The number of nitrogens with one attached hydrogen (secondary N) is 2. The molecule has 0 spiro atoms. The van der Waals surface area contributed by atoms with Crippen LogP contribution in [-0.4, -0.2) is 18.5 Å². The summed E-state index contributed by atoms with van der Waals surface area (Å²) in [6, 6.07) is 2.76. The molecule has 0 aromatic heterocycles. The van der Waals surface area contributed by atoms with Gasteiger partial charge in [-0.05, 0) is 38.4 Å². The summed E-state index contributed by atoms with van der Waals surface area (Å²) < 4.78 is 27.0. The van der Waals surface area contributed by atoms with Crippen molar-refractivity contribution in [2.75, 3.05) is 6.54 Å². The highest BCUT2D eigenvalue weighted by atomic mass is 35.5. The van der Waals surface area contributed by atoms with Crippen LogP contribution >= 0.6 is 12.4 Å². The number of carbonyl (C=O) groups excluding carboxylic acids is 1. The summed E-state index contributed by atoms with van der Waals surface area (Å²) in [5.74, 6) is -1.48. The van der Waals surface area contributed by atoms with Crippen molar-refractivity contribution in [2.24, 2.45) is 0 Å². The van der Waals surface area contributed by atoms with Gasteiger partial charge in [-0.25, -0.2) is 8.78 Å². The number of rotatable bonds is 3. The van der Waals surface area contributed by atoms with Crippen molar-refractivity contribution in [3.8, 4) is 0 Å². The van der Waals surface area contributed by atoms with Crippen molar-refractivity contribution < 1.29 is 13.6 Å². The summed E-state index contributed by atoms with van der Waals surface area (Å²) in [5, 5.41) is 5.68. The van der Waals surface area contributed by atoms with Crippen molar-refractivity contribution in [1.29, 1.82) is 0 Å². The van der Waals surface area contributed by atoms with Crippen molar-refractivity contribution >= 4 is 18.3 Å². The molecule has 1 aliphatic heterocycles. The van der Waals surface area contributed by atoms with E-state index >= 15 is 0 Å². The molecule has 1 aliphatic rings. The molecular weight excluding hydrogens is 274 g/mol.